The lowest BCUT2D eigenvalue weighted by molar-refractivity contribution is 0.970. The van der Waals surface area contributed by atoms with Crippen LogP contribution in [0.3, 0.4) is 0 Å². The molecule has 0 bridgehead atoms. The lowest BCUT2D eigenvalue weighted by atomic mass is 10.2. The fourth-order valence-corrected chi connectivity index (χ4v) is 3.11. The Bertz CT molecular complexity index is 552. The average molecular weight is 301 g/mol. The Hall–Kier alpha value is -0.770. The maximum atomic E-state index is 6.23. The third-order valence-corrected chi connectivity index (χ3v) is 4.15. The average Bonchev–Trinajstić information content (AvgIpc) is 2.74. The molecule has 5 heteroatoms. The van der Waals surface area contributed by atoms with Gasteiger partial charge in [0.15, 0.2) is 0 Å². The summed E-state index contributed by atoms with van der Waals surface area (Å²) in [7, 11) is 0. The summed E-state index contributed by atoms with van der Waals surface area (Å²) < 4.78 is 0. The van der Waals surface area contributed by atoms with Gasteiger partial charge < -0.3 is 5.32 Å². The molecule has 2 nitrogen and oxygen atoms in total. The molecule has 0 saturated carbocycles. The van der Waals surface area contributed by atoms with E-state index in [0.29, 0.717) is 15.9 Å². The minimum atomic E-state index is 0.561. The van der Waals surface area contributed by atoms with Gasteiger partial charge in [-0.2, -0.15) is 0 Å². The van der Waals surface area contributed by atoms with E-state index in [0.717, 1.165) is 23.5 Å². The maximum Gasteiger partial charge on any atom is 0.145 e. The van der Waals surface area contributed by atoms with Crippen LogP contribution in [0.5, 0.6) is 0 Å². The summed E-state index contributed by atoms with van der Waals surface area (Å²) in [4.78, 5) is 5.64. The number of pyridine rings is 1. The van der Waals surface area contributed by atoms with Crippen LogP contribution < -0.4 is 5.32 Å². The molecule has 0 fully saturated rings. The highest BCUT2D eigenvalue weighted by molar-refractivity contribution is 7.13. The van der Waals surface area contributed by atoms with Crippen molar-refractivity contribution in [2.75, 3.05) is 11.9 Å². The second kappa shape index (κ2) is 5.91. The minimum Gasteiger partial charge on any atom is -0.369 e. The number of hydrogen-bond acceptors (Lipinski definition) is 3. The van der Waals surface area contributed by atoms with Crippen molar-refractivity contribution in [1.82, 2.24) is 4.98 Å². The predicted octanol–water partition coefficient (Wildman–Crippen LogP) is 5.25. The number of nitrogens with zero attached hydrogens (tertiary/aromatic N) is 1. The predicted molar refractivity (Wildman–Crippen MR) is 81.1 cm³/mol. The molecule has 0 spiro atoms. The third-order valence-electron chi connectivity index (χ3n) is 2.55. The van der Waals surface area contributed by atoms with E-state index in [4.69, 9.17) is 23.2 Å². The molecule has 2 aromatic rings. The Morgan fingerprint density at radius 1 is 1.33 bits per heavy atom. The van der Waals surface area contributed by atoms with Crippen LogP contribution in [0.1, 0.15) is 18.9 Å². The number of aryl methyl sites for hydroxylation is 1. The van der Waals surface area contributed by atoms with E-state index in [1.54, 1.807) is 17.4 Å². The first-order valence-electron chi connectivity index (χ1n) is 5.78. The molecule has 0 aliphatic rings. The Balaban J connectivity index is 2.45. The molecule has 0 aliphatic carbocycles. The molecule has 0 saturated heterocycles. The summed E-state index contributed by atoms with van der Waals surface area (Å²) in [6.45, 7) is 5.00. The lowest BCUT2D eigenvalue weighted by Crippen LogP contribution is -2.03. The molecule has 18 heavy (non-hydrogen) atoms. The molecule has 0 unspecified atom stereocenters. The number of hydrogen-bond donors (Lipinski definition) is 1. The molecule has 1 N–H and O–H groups in total. The molecule has 96 valence electrons. The summed E-state index contributed by atoms with van der Waals surface area (Å²) in [6.07, 6.45) is 1.02. The van der Waals surface area contributed by atoms with Gasteiger partial charge in [-0.15, -0.1) is 11.3 Å². The number of aromatic nitrogens is 1. The van der Waals surface area contributed by atoms with Gasteiger partial charge in [-0.25, -0.2) is 4.98 Å². The number of thiophene rings is 1. The molecule has 2 heterocycles. The normalized spacial score (nSPS) is 10.7. The molecule has 0 amide bonds. The van der Waals surface area contributed by atoms with Crippen molar-refractivity contribution in [3.63, 3.8) is 0 Å². The van der Waals surface area contributed by atoms with Gasteiger partial charge in [0.25, 0.3) is 0 Å². The van der Waals surface area contributed by atoms with Crippen LogP contribution in [0.25, 0.3) is 10.6 Å². The topological polar surface area (TPSA) is 24.9 Å². The van der Waals surface area contributed by atoms with E-state index in [-0.39, 0.29) is 0 Å². The fraction of sp³-hybridized carbons (Fsp3) is 0.308. The molecule has 2 aromatic heterocycles. The zero-order valence-electron chi connectivity index (χ0n) is 10.3. The Kier molecular flexibility index (Phi) is 4.49. The van der Waals surface area contributed by atoms with Gasteiger partial charge >= 0.3 is 0 Å². The van der Waals surface area contributed by atoms with Crippen LogP contribution in [0.4, 0.5) is 5.82 Å². The molecular formula is C13H14Cl2N2S. The van der Waals surface area contributed by atoms with Gasteiger partial charge in [-0.1, -0.05) is 30.1 Å². The Morgan fingerprint density at radius 2 is 2.11 bits per heavy atom. The number of rotatable bonds is 4. The fourth-order valence-electron chi connectivity index (χ4n) is 1.61. The van der Waals surface area contributed by atoms with E-state index in [2.05, 4.69) is 30.2 Å². The van der Waals surface area contributed by atoms with Crippen LogP contribution in [0, 0.1) is 6.92 Å². The standard InChI is InChI=1S/C13H14Cl2N2S/c1-3-5-16-13-10(15)7-9(14)11(17-13)12-8(2)4-6-18-12/h4,6-7H,3,5H2,1-2H3,(H,16,17). The van der Waals surface area contributed by atoms with Crippen molar-refractivity contribution in [2.24, 2.45) is 0 Å². The third kappa shape index (κ3) is 2.79. The molecule has 0 aromatic carbocycles. The highest BCUT2D eigenvalue weighted by Gasteiger charge is 2.13. The number of anilines is 1. The monoisotopic (exact) mass is 300 g/mol. The van der Waals surface area contributed by atoms with E-state index in [9.17, 15) is 0 Å². The summed E-state index contributed by atoms with van der Waals surface area (Å²) in [5, 5.41) is 6.40. The van der Waals surface area contributed by atoms with Crippen molar-refractivity contribution < 1.29 is 0 Å². The first kappa shape index (κ1) is 13.7. The van der Waals surface area contributed by atoms with Gasteiger partial charge in [0.1, 0.15) is 11.5 Å². The highest BCUT2D eigenvalue weighted by atomic mass is 35.5. The van der Waals surface area contributed by atoms with Crippen LogP contribution in [-0.4, -0.2) is 11.5 Å². The smallest absolute Gasteiger partial charge is 0.145 e. The SMILES string of the molecule is CCCNc1nc(-c2sccc2C)c(Cl)cc1Cl. The van der Waals surface area contributed by atoms with Crippen molar-refractivity contribution in [3.8, 4) is 10.6 Å². The second-order valence-electron chi connectivity index (χ2n) is 4.01. The van der Waals surface area contributed by atoms with Gasteiger partial charge in [0.2, 0.25) is 0 Å². The van der Waals surface area contributed by atoms with Crippen LogP contribution in [-0.2, 0) is 0 Å². The number of nitrogens with one attached hydrogen (secondary N) is 1. The number of halogens is 2. The van der Waals surface area contributed by atoms with Crippen LogP contribution in [0.15, 0.2) is 17.5 Å². The lowest BCUT2D eigenvalue weighted by Gasteiger charge is -2.10. The summed E-state index contributed by atoms with van der Waals surface area (Å²) in [5.41, 5.74) is 1.98. The van der Waals surface area contributed by atoms with Crippen molar-refractivity contribution >= 4 is 40.4 Å². The quantitative estimate of drug-likeness (QED) is 0.834. The Labute approximate surface area is 121 Å². The molecular weight excluding hydrogens is 287 g/mol. The van der Waals surface area contributed by atoms with Crippen LogP contribution in [0.2, 0.25) is 10.0 Å². The van der Waals surface area contributed by atoms with Crippen LogP contribution >= 0.6 is 34.5 Å². The first-order chi connectivity index (χ1) is 8.63. The van der Waals surface area contributed by atoms with E-state index in [1.807, 2.05) is 5.38 Å². The second-order valence-corrected chi connectivity index (χ2v) is 5.74. The van der Waals surface area contributed by atoms with Crippen molar-refractivity contribution in [2.45, 2.75) is 20.3 Å². The molecule has 0 aliphatic heterocycles. The zero-order chi connectivity index (χ0) is 13.1. The van der Waals surface area contributed by atoms with E-state index in [1.165, 1.54) is 5.56 Å². The summed E-state index contributed by atoms with van der Waals surface area (Å²) in [6, 6.07) is 3.81. The van der Waals surface area contributed by atoms with E-state index < -0.39 is 0 Å². The van der Waals surface area contributed by atoms with Gasteiger partial charge in [0.05, 0.1) is 14.9 Å². The van der Waals surface area contributed by atoms with Gasteiger partial charge in [0, 0.05) is 6.54 Å². The maximum absolute atomic E-state index is 6.23. The van der Waals surface area contributed by atoms with Gasteiger partial charge in [-0.05, 0) is 36.4 Å². The van der Waals surface area contributed by atoms with Gasteiger partial charge in [-0.3, -0.25) is 0 Å². The molecule has 0 atom stereocenters. The largest absolute Gasteiger partial charge is 0.369 e. The van der Waals surface area contributed by atoms with Crippen molar-refractivity contribution in [3.05, 3.63) is 33.1 Å². The zero-order valence-corrected chi connectivity index (χ0v) is 12.6. The molecule has 2 rings (SSSR count). The first-order valence-corrected chi connectivity index (χ1v) is 7.41. The Morgan fingerprint density at radius 3 is 2.72 bits per heavy atom. The van der Waals surface area contributed by atoms with E-state index >= 15 is 0 Å². The minimum absolute atomic E-state index is 0.561. The molecule has 0 radical (unpaired) electrons. The summed E-state index contributed by atoms with van der Waals surface area (Å²) >= 11 is 14.0. The highest BCUT2D eigenvalue weighted by Crippen LogP contribution is 2.36. The van der Waals surface area contributed by atoms with Crippen molar-refractivity contribution in [1.29, 1.82) is 0 Å². The summed E-state index contributed by atoms with van der Waals surface area (Å²) in [5.74, 6) is 0.700.